The molecule has 1 aromatic carbocycles. The van der Waals surface area contributed by atoms with Crippen LogP contribution < -0.4 is 5.48 Å². The molecule has 0 fully saturated rings. The van der Waals surface area contributed by atoms with Gasteiger partial charge >= 0.3 is 0 Å². The molecule has 0 saturated carbocycles. The van der Waals surface area contributed by atoms with Gasteiger partial charge in [0.2, 0.25) is 0 Å². The highest BCUT2D eigenvalue weighted by Crippen LogP contribution is 2.22. The van der Waals surface area contributed by atoms with Gasteiger partial charge in [-0.1, -0.05) is 46.8 Å². The van der Waals surface area contributed by atoms with Gasteiger partial charge in [-0.15, -0.1) is 0 Å². The Balaban J connectivity index is 2.60. The van der Waals surface area contributed by atoms with E-state index in [-0.39, 0.29) is 11.3 Å². The van der Waals surface area contributed by atoms with E-state index in [9.17, 15) is 4.79 Å². The molecular weight excluding hydrogens is 226 g/mol. The van der Waals surface area contributed by atoms with E-state index in [1.54, 1.807) is 0 Å². The Hall–Kier alpha value is -1.35. The van der Waals surface area contributed by atoms with Gasteiger partial charge < -0.3 is 0 Å². The van der Waals surface area contributed by atoms with Crippen molar-refractivity contribution < 1.29 is 9.63 Å². The summed E-state index contributed by atoms with van der Waals surface area (Å²) in [5.41, 5.74) is 4.38. The Bertz CT molecular complexity index is 388. The number of hydrogen-bond donors (Lipinski definition) is 1. The minimum atomic E-state index is -0.198. The lowest BCUT2D eigenvalue weighted by atomic mass is 9.87. The zero-order valence-corrected chi connectivity index (χ0v) is 11.9. The van der Waals surface area contributed by atoms with Crippen molar-refractivity contribution in [2.75, 3.05) is 6.61 Å². The highest BCUT2D eigenvalue weighted by atomic mass is 16.6. The van der Waals surface area contributed by atoms with Crippen molar-refractivity contribution in [2.24, 2.45) is 5.92 Å². The normalized spacial score (nSPS) is 11.7. The van der Waals surface area contributed by atoms with Crippen LogP contribution in [-0.2, 0) is 10.3 Å². The molecule has 0 aromatic heterocycles. The Morgan fingerprint density at radius 2 is 1.78 bits per heavy atom. The fraction of sp³-hybridized carbons (Fsp3) is 0.533. The summed E-state index contributed by atoms with van der Waals surface area (Å²) in [6.07, 6.45) is 0. The topological polar surface area (TPSA) is 38.3 Å². The zero-order valence-electron chi connectivity index (χ0n) is 11.9. The monoisotopic (exact) mass is 249 g/mol. The van der Waals surface area contributed by atoms with Crippen LogP contribution in [0.15, 0.2) is 24.3 Å². The predicted octanol–water partition coefficient (Wildman–Crippen LogP) is 3.30. The van der Waals surface area contributed by atoms with Gasteiger partial charge in [-0.25, -0.2) is 5.48 Å². The molecule has 0 bridgehead atoms. The molecule has 3 nitrogen and oxygen atoms in total. The molecule has 3 heteroatoms. The lowest BCUT2D eigenvalue weighted by molar-refractivity contribution is 0.0208. The largest absolute Gasteiger partial charge is 0.274 e. The highest BCUT2D eigenvalue weighted by molar-refractivity contribution is 5.93. The molecular formula is C15H23NO2. The average molecular weight is 249 g/mol. The third-order valence-electron chi connectivity index (χ3n) is 2.59. The van der Waals surface area contributed by atoms with Crippen LogP contribution in [0, 0.1) is 5.92 Å². The van der Waals surface area contributed by atoms with Crippen molar-refractivity contribution >= 4 is 5.91 Å². The van der Waals surface area contributed by atoms with E-state index in [1.807, 2.05) is 38.1 Å². The minimum Gasteiger partial charge on any atom is -0.273 e. The van der Waals surface area contributed by atoms with Crippen molar-refractivity contribution in [1.29, 1.82) is 0 Å². The van der Waals surface area contributed by atoms with E-state index in [2.05, 4.69) is 26.3 Å². The van der Waals surface area contributed by atoms with Crippen molar-refractivity contribution in [3.05, 3.63) is 35.4 Å². The van der Waals surface area contributed by atoms with Crippen LogP contribution in [-0.4, -0.2) is 12.5 Å². The first-order valence-corrected chi connectivity index (χ1v) is 6.33. The molecule has 0 heterocycles. The van der Waals surface area contributed by atoms with Gasteiger partial charge in [-0.3, -0.25) is 9.63 Å². The third-order valence-corrected chi connectivity index (χ3v) is 2.59. The number of amides is 1. The van der Waals surface area contributed by atoms with E-state index in [1.165, 1.54) is 5.56 Å². The predicted molar refractivity (Wildman–Crippen MR) is 73.4 cm³/mol. The number of hydrogen-bond acceptors (Lipinski definition) is 2. The molecule has 0 saturated heterocycles. The standard InChI is InChI=1S/C15H23NO2/c1-11(2)10-18-16-14(17)12-6-8-13(9-7-12)15(3,4)5/h6-9,11H,10H2,1-5H3,(H,16,17). The van der Waals surface area contributed by atoms with Crippen LogP contribution in [0.2, 0.25) is 0 Å². The molecule has 100 valence electrons. The van der Waals surface area contributed by atoms with E-state index in [0.29, 0.717) is 18.1 Å². The molecule has 0 aliphatic heterocycles. The lowest BCUT2D eigenvalue weighted by Gasteiger charge is -2.19. The maximum Gasteiger partial charge on any atom is 0.274 e. The highest BCUT2D eigenvalue weighted by Gasteiger charge is 2.14. The average Bonchev–Trinajstić information content (AvgIpc) is 2.27. The van der Waals surface area contributed by atoms with E-state index in [0.717, 1.165) is 0 Å². The van der Waals surface area contributed by atoms with E-state index >= 15 is 0 Å². The first kappa shape index (κ1) is 14.7. The summed E-state index contributed by atoms with van der Waals surface area (Å²) >= 11 is 0. The Morgan fingerprint density at radius 3 is 2.22 bits per heavy atom. The Kier molecular flexibility index (Phi) is 4.91. The zero-order chi connectivity index (χ0) is 13.8. The van der Waals surface area contributed by atoms with Crippen molar-refractivity contribution in [2.45, 2.75) is 40.0 Å². The van der Waals surface area contributed by atoms with Crippen molar-refractivity contribution in [3.63, 3.8) is 0 Å². The van der Waals surface area contributed by atoms with Gasteiger partial charge in [0.25, 0.3) is 5.91 Å². The van der Waals surface area contributed by atoms with Gasteiger partial charge in [0.1, 0.15) is 0 Å². The Morgan fingerprint density at radius 1 is 1.22 bits per heavy atom. The third kappa shape index (κ3) is 4.49. The summed E-state index contributed by atoms with van der Waals surface area (Å²) in [7, 11) is 0. The summed E-state index contributed by atoms with van der Waals surface area (Å²) in [5, 5.41) is 0. The Labute approximate surface area is 109 Å². The van der Waals surface area contributed by atoms with Gasteiger partial charge in [-0.05, 0) is 29.0 Å². The van der Waals surface area contributed by atoms with Crippen LogP contribution in [0.4, 0.5) is 0 Å². The van der Waals surface area contributed by atoms with Crippen LogP contribution >= 0.6 is 0 Å². The van der Waals surface area contributed by atoms with Crippen LogP contribution in [0.25, 0.3) is 0 Å². The molecule has 1 amide bonds. The second-order valence-corrected chi connectivity index (χ2v) is 5.96. The molecule has 0 atom stereocenters. The molecule has 0 aliphatic rings. The van der Waals surface area contributed by atoms with E-state index < -0.39 is 0 Å². The van der Waals surface area contributed by atoms with Gasteiger partial charge in [-0.2, -0.15) is 0 Å². The number of carbonyl (C=O) groups is 1. The fourth-order valence-electron chi connectivity index (χ4n) is 1.45. The fourth-order valence-corrected chi connectivity index (χ4v) is 1.45. The first-order chi connectivity index (χ1) is 8.30. The summed E-state index contributed by atoms with van der Waals surface area (Å²) in [6.45, 7) is 11.0. The van der Waals surface area contributed by atoms with Crippen molar-refractivity contribution in [1.82, 2.24) is 5.48 Å². The van der Waals surface area contributed by atoms with Gasteiger partial charge in [0.15, 0.2) is 0 Å². The molecule has 0 spiro atoms. The summed E-state index contributed by atoms with van der Waals surface area (Å²) in [5.74, 6) is 0.199. The number of rotatable bonds is 4. The van der Waals surface area contributed by atoms with E-state index in [4.69, 9.17) is 4.84 Å². The minimum absolute atomic E-state index is 0.100. The van der Waals surface area contributed by atoms with Crippen LogP contribution in [0.1, 0.15) is 50.5 Å². The molecule has 1 rings (SSSR count). The summed E-state index contributed by atoms with van der Waals surface area (Å²) in [6, 6.07) is 7.62. The van der Waals surface area contributed by atoms with Crippen LogP contribution in [0.3, 0.4) is 0 Å². The number of hydroxylamine groups is 1. The second kappa shape index (κ2) is 6.01. The number of carbonyl (C=O) groups excluding carboxylic acids is 1. The molecule has 1 aromatic rings. The molecule has 1 N–H and O–H groups in total. The second-order valence-electron chi connectivity index (χ2n) is 5.96. The maximum absolute atomic E-state index is 11.8. The van der Waals surface area contributed by atoms with Crippen molar-refractivity contribution in [3.8, 4) is 0 Å². The number of benzene rings is 1. The first-order valence-electron chi connectivity index (χ1n) is 6.33. The van der Waals surface area contributed by atoms with Gasteiger partial charge in [0, 0.05) is 5.56 Å². The SMILES string of the molecule is CC(C)CONC(=O)c1ccc(C(C)(C)C)cc1. The molecule has 0 radical (unpaired) electrons. The quantitative estimate of drug-likeness (QED) is 0.831. The van der Waals surface area contributed by atoms with Gasteiger partial charge in [0.05, 0.1) is 6.61 Å². The molecule has 0 unspecified atom stereocenters. The molecule has 0 aliphatic carbocycles. The lowest BCUT2D eigenvalue weighted by Crippen LogP contribution is -2.25. The molecule has 18 heavy (non-hydrogen) atoms. The summed E-state index contributed by atoms with van der Waals surface area (Å²) < 4.78 is 0. The van der Waals surface area contributed by atoms with Crippen LogP contribution in [0.5, 0.6) is 0 Å². The number of nitrogens with one attached hydrogen (secondary N) is 1. The smallest absolute Gasteiger partial charge is 0.273 e. The maximum atomic E-state index is 11.8. The summed E-state index contributed by atoms with van der Waals surface area (Å²) in [4.78, 5) is 16.9.